The molecule has 0 saturated carbocycles. The van der Waals surface area contributed by atoms with Crippen molar-refractivity contribution in [1.29, 1.82) is 0 Å². The van der Waals surface area contributed by atoms with Gasteiger partial charge in [-0.1, -0.05) is 29.8 Å². The van der Waals surface area contributed by atoms with Gasteiger partial charge in [0.15, 0.2) is 0 Å². The van der Waals surface area contributed by atoms with Gasteiger partial charge in [0.2, 0.25) is 0 Å². The van der Waals surface area contributed by atoms with E-state index < -0.39 is 0 Å². The highest BCUT2D eigenvalue weighted by Crippen LogP contribution is 2.23. The van der Waals surface area contributed by atoms with Gasteiger partial charge in [0.25, 0.3) is 0 Å². The highest BCUT2D eigenvalue weighted by atomic mass is 15.0. The summed E-state index contributed by atoms with van der Waals surface area (Å²) in [6.07, 6.45) is 4.20. The molecule has 90 valence electrons. The van der Waals surface area contributed by atoms with E-state index >= 15 is 0 Å². The van der Waals surface area contributed by atoms with Gasteiger partial charge in [-0.2, -0.15) is 0 Å². The van der Waals surface area contributed by atoms with Crippen molar-refractivity contribution in [3.05, 3.63) is 59.4 Å². The van der Waals surface area contributed by atoms with Gasteiger partial charge in [-0.25, -0.2) is 4.98 Å². The molecule has 0 N–H and O–H groups in total. The van der Waals surface area contributed by atoms with E-state index in [1.165, 1.54) is 22.3 Å². The van der Waals surface area contributed by atoms with Crippen LogP contribution in [0.4, 0.5) is 0 Å². The SMILES string of the molecule is Cc1ccc(-c2cn3cc(C)ccc3n2)c(C)c1. The second kappa shape index (κ2) is 3.98. The van der Waals surface area contributed by atoms with Crippen LogP contribution in [0.5, 0.6) is 0 Å². The maximum atomic E-state index is 4.68. The van der Waals surface area contributed by atoms with E-state index in [2.05, 4.69) is 72.9 Å². The van der Waals surface area contributed by atoms with E-state index in [0.717, 1.165) is 11.3 Å². The monoisotopic (exact) mass is 236 g/mol. The lowest BCUT2D eigenvalue weighted by molar-refractivity contribution is 1.16. The molecule has 0 bridgehead atoms. The molecular formula is C16H16N2. The first-order valence-electron chi connectivity index (χ1n) is 6.16. The zero-order valence-electron chi connectivity index (χ0n) is 10.9. The van der Waals surface area contributed by atoms with Crippen LogP contribution in [-0.2, 0) is 0 Å². The van der Waals surface area contributed by atoms with Crippen LogP contribution in [0.1, 0.15) is 16.7 Å². The first kappa shape index (κ1) is 11.0. The topological polar surface area (TPSA) is 17.3 Å². The van der Waals surface area contributed by atoms with Crippen molar-refractivity contribution in [2.45, 2.75) is 20.8 Å². The molecule has 0 radical (unpaired) electrons. The summed E-state index contributed by atoms with van der Waals surface area (Å²) in [5.41, 5.74) is 7.05. The van der Waals surface area contributed by atoms with Gasteiger partial charge in [-0.3, -0.25) is 0 Å². The van der Waals surface area contributed by atoms with Crippen LogP contribution in [0.25, 0.3) is 16.9 Å². The smallest absolute Gasteiger partial charge is 0.137 e. The minimum absolute atomic E-state index is 0.996. The molecule has 0 unspecified atom stereocenters. The normalized spacial score (nSPS) is 11.1. The molecule has 0 spiro atoms. The molecule has 2 heteroatoms. The van der Waals surface area contributed by atoms with Gasteiger partial charge < -0.3 is 4.40 Å². The fourth-order valence-corrected chi connectivity index (χ4v) is 2.33. The van der Waals surface area contributed by atoms with Crippen molar-refractivity contribution in [2.75, 3.05) is 0 Å². The quantitative estimate of drug-likeness (QED) is 0.626. The Morgan fingerprint density at radius 1 is 0.889 bits per heavy atom. The van der Waals surface area contributed by atoms with Crippen molar-refractivity contribution in [1.82, 2.24) is 9.38 Å². The molecule has 0 saturated heterocycles. The fourth-order valence-electron chi connectivity index (χ4n) is 2.33. The highest BCUT2D eigenvalue weighted by molar-refractivity contribution is 5.66. The highest BCUT2D eigenvalue weighted by Gasteiger charge is 2.06. The summed E-state index contributed by atoms with van der Waals surface area (Å²) in [6.45, 7) is 6.34. The summed E-state index contributed by atoms with van der Waals surface area (Å²) in [7, 11) is 0. The zero-order chi connectivity index (χ0) is 12.7. The van der Waals surface area contributed by atoms with E-state index in [-0.39, 0.29) is 0 Å². The third-order valence-electron chi connectivity index (χ3n) is 3.26. The van der Waals surface area contributed by atoms with Gasteiger partial charge in [-0.15, -0.1) is 0 Å². The minimum atomic E-state index is 0.996. The summed E-state index contributed by atoms with van der Waals surface area (Å²) >= 11 is 0. The number of imidazole rings is 1. The Balaban J connectivity index is 2.19. The third-order valence-corrected chi connectivity index (χ3v) is 3.26. The van der Waals surface area contributed by atoms with Gasteiger partial charge in [0, 0.05) is 18.0 Å². The molecule has 3 rings (SSSR count). The third kappa shape index (κ3) is 1.80. The Morgan fingerprint density at radius 2 is 1.67 bits per heavy atom. The summed E-state index contributed by atoms with van der Waals surface area (Å²) in [5, 5.41) is 0. The Morgan fingerprint density at radius 3 is 2.44 bits per heavy atom. The van der Waals surface area contributed by atoms with Crippen molar-refractivity contribution in [2.24, 2.45) is 0 Å². The molecule has 0 fully saturated rings. The molecule has 0 aliphatic carbocycles. The second-order valence-electron chi connectivity index (χ2n) is 4.92. The average Bonchev–Trinajstić information content (AvgIpc) is 2.71. The van der Waals surface area contributed by atoms with Crippen LogP contribution in [-0.4, -0.2) is 9.38 Å². The van der Waals surface area contributed by atoms with Crippen LogP contribution >= 0.6 is 0 Å². The Labute approximate surface area is 107 Å². The van der Waals surface area contributed by atoms with Crippen molar-refractivity contribution in [3.8, 4) is 11.3 Å². The van der Waals surface area contributed by atoms with Crippen molar-refractivity contribution >= 4 is 5.65 Å². The molecule has 1 aromatic carbocycles. The summed E-state index contributed by atoms with van der Waals surface area (Å²) < 4.78 is 2.09. The summed E-state index contributed by atoms with van der Waals surface area (Å²) in [6, 6.07) is 10.6. The lowest BCUT2D eigenvalue weighted by Gasteiger charge is -2.02. The number of hydrogen-bond acceptors (Lipinski definition) is 1. The van der Waals surface area contributed by atoms with E-state index in [1.807, 2.05) is 0 Å². The molecule has 2 nitrogen and oxygen atoms in total. The fraction of sp³-hybridized carbons (Fsp3) is 0.188. The number of fused-ring (bicyclic) bond motifs is 1. The number of pyridine rings is 1. The number of benzene rings is 1. The van der Waals surface area contributed by atoms with Crippen LogP contribution in [0.3, 0.4) is 0 Å². The Bertz CT molecular complexity index is 723. The van der Waals surface area contributed by atoms with Crippen LogP contribution in [0.2, 0.25) is 0 Å². The summed E-state index contributed by atoms with van der Waals surface area (Å²) in [4.78, 5) is 4.68. The van der Waals surface area contributed by atoms with Gasteiger partial charge >= 0.3 is 0 Å². The number of nitrogens with zero attached hydrogens (tertiary/aromatic N) is 2. The number of aryl methyl sites for hydroxylation is 3. The average molecular weight is 236 g/mol. The number of aromatic nitrogens is 2. The standard InChI is InChI=1S/C16H16N2/c1-11-4-6-14(13(3)8-11)15-10-18-9-12(2)5-7-16(18)17-15/h4-10H,1-3H3. The maximum Gasteiger partial charge on any atom is 0.137 e. The molecule has 0 aliphatic rings. The van der Waals surface area contributed by atoms with Crippen molar-refractivity contribution in [3.63, 3.8) is 0 Å². The van der Waals surface area contributed by atoms with E-state index in [9.17, 15) is 0 Å². The van der Waals surface area contributed by atoms with E-state index in [4.69, 9.17) is 0 Å². The lowest BCUT2D eigenvalue weighted by atomic mass is 10.0. The second-order valence-corrected chi connectivity index (χ2v) is 4.92. The molecule has 2 aromatic heterocycles. The zero-order valence-corrected chi connectivity index (χ0v) is 10.9. The lowest BCUT2D eigenvalue weighted by Crippen LogP contribution is -1.84. The van der Waals surface area contributed by atoms with Crippen molar-refractivity contribution < 1.29 is 0 Å². The molecule has 2 heterocycles. The Kier molecular flexibility index (Phi) is 2.44. The van der Waals surface area contributed by atoms with Gasteiger partial charge in [0.1, 0.15) is 5.65 Å². The van der Waals surface area contributed by atoms with Crippen LogP contribution in [0, 0.1) is 20.8 Å². The maximum absolute atomic E-state index is 4.68. The van der Waals surface area contributed by atoms with Gasteiger partial charge in [-0.05, 0) is 38.0 Å². The first-order valence-corrected chi connectivity index (χ1v) is 6.16. The van der Waals surface area contributed by atoms with Gasteiger partial charge in [0.05, 0.1) is 5.69 Å². The van der Waals surface area contributed by atoms with E-state index in [0.29, 0.717) is 0 Å². The predicted octanol–water partition coefficient (Wildman–Crippen LogP) is 3.93. The minimum Gasteiger partial charge on any atom is -0.306 e. The number of hydrogen-bond donors (Lipinski definition) is 0. The molecule has 0 atom stereocenters. The predicted molar refractivity (Wildman–Crippen MR) is 74.8 cm³/mol. The van der Waals surface area contributed by atoms with E-state index in [1.54, 1.807) is 0 Å². The van der Waals surface area contributed by atoms with Crippen LogP contribution < -0.4 is 0 Å². The summed E-state index contributed by atoms with van der Waals surface area (Å²) in [5.74, 6) is 0. The molecule has 0 amide bonds. The molecular weight excluding hydrogens is 220 g/mol. The largest absolute Gasteiger partial charge is 0.306 e. The number of rotatable bonds is 1. The Hall–Kier alpha value is -2.09. The molecule has 3 aromatic rings. The van der Waals surface area contributed by atoms with Crippen LogP contribution in [0.15, 0.2) is 42.7 Å². The molecule has 18 heavy (non-hydrogen) atoms. The first-order chi connectivity index (χ1) is 8.63. The molecule has 0 aliphatic heterocycles.